The molecule has 1 aromatic heterocycles. The molecule has 0 radical (unpaired) electrons. The van der Waals surface area contributed by atoms with E-state index in [0.29, 0.717) is 16.1 Å². The molecule has 2 aromatic rings. The molecule has 2 rings (SSSR count). The van der Waals surface area contributed by atoms with Crippen LogP contribution in [-0.2, 0) is 0 Å². The van der Waals surface area contributed by atoms with Gasteiger partial charge in [-0.2, -0.15) is 0 Å². The SMILES string of the molecule is CSc1nc(Cl)c2cc(F)c(Br)c(Cl)c2n1. The molecule has 0 aliphatic heterocycles. The maximum atomic E-state index is 13.4. The molecule has 1 aromatic carbocycles. The van der Waals surface area contributed by atoms with Gasteiger partial charge in [-0.25, -0.2) is 14.4 Å². The average Bonchev–Trinajstić information content (AvgIpc) is 2.27. The molecule has 0 unspecified atom stereocenters. The lowest BCUT2D eigenvalue weighted by molar-refractivity contribution is 0.623. The van der Waals surface area contributed by atoms with Crippen LogP contribution in [0.15, 0.2) is 15.7 Å². The third-order valence-corrected chi connectivity index (χ3v) is 4.15. The third kappa shape index (κ3) is 2.01. The van der Waals surface area contributed by atoms with Crippen LogP contribution < -0.4 is 0 Å². The number of benzene rings is 1. The fourth-order valence-corrected chi connectivity index (χ4v) is 2.38. The molecule has 0 spiro atoms. The number of rotatable bonds is 1. The summed E-state index contributed by atoms with van der Waals surface area (Å²) in [5.74, 6) is -0.486. The molecule has 0 aliphatic carbocycles. The first kappa shape index (κ1) is 12.4. The van der Waals surface area contributed by atoms with Gasteiger partial charge in [0.1, 0.15) is 11.0 Å². The van der Waals surface area contributed by atoms with Crippen molar-refractivity contribution in [3.63, 3.8) is 0 Å². The molecule has 16 heavy (non-hydrogen) atoms. The van der Waals surface area contributed by atoms with E-state index in [9.17, 15) is 4.39 Å². The Labute approximate surface area is 114 Å². The number of nitrogens with zero attached hydrogens (tertiary/aromatic N) is 2. The molecule has 0 aliphatic rings. The van der Waals surface area contributed by atoms with E-state index in [1.54, 1.807) is 0 Å². The van der Waals surface area contributed by atoms with Crippen molar-refractivity contribution in [2.24, 2.45) is 0 Å². The summed E-state index contributed by atoms with van der Waals surface area (Å²) in [6, 6.07) is 1.26. The number of hydrogen-bond donors (Lipinski definition) is 0. The molecule has 7 heteroatoms. The maximum Gasteiger partial charge on any atom is 0.189 e. The summed E-state index contributed by atoms with van der Waals surface area (Å²) in [6.07, 6.45) is 1.82. The van der Waals surface area contributed by atoms with Crippen LogP contribution in [0.4, 0.5) is 4.39 Å². The average molecular weight is 342 g/mol. The largest absolute Gasteiger partial charge is 0.221 e. The normalized spacial score (nSPS) is 11.1. The Hall–Kier alpha value is -0.100. The smallest absolute Gasteiger partial charge is 0.189 e. The summed E-state index contributed by atoms with van der Waals surface area (Å²) in [4.78, 5) is 8.20. The molecular formula is C9H4BrCl2FN2S. The number of halogens is 4. The summed E-state index contributed by atoms with van der Waals surface area (Å²) in [6.45, 7) is 0. The standard InChI is InChI=1S/C9H4BrCl2FN2S/c1-16-9-14-7-3(8(12)15-9)2-4(13)5(10)6(7)11/h2H,1H3. The molecule has 0 N–H and O–H groups in total. The molecule has 0 atom stereocenters. The van der Waals surface area contributed by atoms with Gasteiger partial charge in [0, 0.05) is 5.39 Å². The minimum Gasteiger partial charge on any atom is -0.221 e. The molecule has 1 heterocycles. The molecule has 0 bridgehead atoms. The highest BCUT2D eigenvalue weighted by atomic mass is 79.9. The summed E-state index contributed by atoms with van der Waals surface area (Å²) < 4.78 is 13.6. The molecule has 0 fully saturated rings. The fourth-order valence-electron chi connectivity index (χ4n) is 1.21. The monoisotopic (exact) mass is 340 g/mol. The first-order valence-corrected chi connectivity index (χ1v) is 6.86. The molecular weight excluding hydrogens is 338 g/mol. The molecule has 0 amide bonds. The van der Waals surface area contributed by atoms with Crippen LogP contribution in [0, 0.1) is 5.82 Å². The van der Waals surface area contributed by atoms with Crippen molar-refractivity contribution in [1.29, 1.82) is 0 Å². The van der Waals surface area contributed by atoms with E-state index in [2.05, 4.69) is 25.9 Å². The van der Waals surface area contributed by atoms with Gasteiger partial charge in [-0.05, 0) is 28.3 Å². The highest BCUT2D eigenvalue weighted by molar-refractivity contribution is 9.10. The topological polar surface area (TPSA) is 25.8 Å². The van der Waals surface area contributed by atoms with Crippen molar-refractivity contribution in [3.8, 4) is 0 Å². The summed E-state index contributed by atoms with van der Waals surface area (Å²) in [7, 11) is 0. The zero-order chi connectivity index (χ0) is 11.9. The van der Waals surface area contributed by atoms with Crippen LogP contribution >= 0.6 is 50.9 Å². The lowest BCUT2D eigenvalue weighted by atomic mass is 10.2. The van der Waals surface area contributed by atoms with E-state index in [0.717, 1.165) is 0 Å². The van der Waals surface area contributed by atoms with Gasteiger partial charge in [-0.1, -0.05) is 35.0 Å². The van der Waals surface area contributed by atoms with Gasteiger partial charge in [0.05, 0.1) is 15.0 Å². The Morgan fingerprint density at radius 3 is 2.69 bits per heavy atom. The Morgan fingerprint density at radius 1 is 1.38 bits per heavy atom. The van der Waals surface area contributed by atoms with Gasteiger partial charge in [0.15, 0.2) is 5.16 Å². The highest BCUT2D eigenvalue weighted by Crippen LogP contribution is 2.35. The highest BCUT2D eigenvalue weighted by Gasteiger charge is 2.15. The quantitative estimate of drug-likeness (QED) is 0.329. The van der Waals surface area contributed by atoms with Gasteiger partial charge >= 0.3 is 0 Å². The number of hydrogen-bond acceptors (Lipinski definition) is 3. The number of thioether (sulfide) groups is 1. The first-order valence-electron chi connectivity index (χ1n) is 4.09. The van der Waals surface area contributed by atoms with E-state index in [4.69, 9.17) is 23.2 Å². The molecule has 0 saturated carbocycles. The molecule has 2 nitrogen and oxygen atoms in total. The maximum absolute atomic E-state index is 13.4. The van der Waals surface area contributed by atoms with Crippen LogP contribution in [0.3, 0.4) is 0 Å². The van der Waals surface area contributed by atoms with Crippen molar-refractivity contribution < 1.29 is 4.39 Å². The van der Waals surface area contributed by atoms with Gasteiger partial charge in [-0.3, -0.25) is 0 Å². The minimum absolute atomic E-state index is 0.184. The van der Waals surface area contributed by atoms with Crippen LogP contribution in [0.1, 0.15) is 0 Å². The van der Waals surface area contributed by atoms with Gasteiger partial charge in [0.25, 0.3) is 0 Å². The molecule has 0 saturated heterocycles. The number of fused-ring (bicyclic) bond motifs is 1. The van der Waals surface area contributed by atoms with Gasteiger partial charge in [0.2, 0.25) is 0 Å². The van der Waals surface area contributed by atoms with Crippen LogP contribution in [-0.4, -0.2) is 16.2 Å². The van der Waals surface area contributed by atoms with E-state index in [1.807, 2.05) is 6.26 Å². The van der Waals surface area contributed by atoms with E-state index < -0.39 is 5.82 Å². The lowest BCUT2D eigenvalue weighted by Gasteiger charge is -2.06. The first-order chi connectivity index (χ1) is 7.54. The molecule has 84 valence electrons. The van der Waals surface area contributed by atoms with Crippen LogP contribution in [0.5, 0.6) is 0 Å². The second-order valence-corrected chi connectivity index (χ2v) is 5.19. The second-order valence-electron chi connectivity index (χ2n) is 2.88. The summed E-state index contributed by atoms with van der Waals surface area (Å²) >= 11 is 16.3. The van der Waals surface area contributed by atoms with E-state index >= 15 is 0 Å². The van der Waals surface area contributed by atoms with Gasteiger partial charge in [-0.15, -0.1) is 0 Å². The summed E-state index contributed by atoms with van der Waals surface area (Å²) in [5.41, 5.74) is 0.444. The Bertz CT molecular complexity index is 579. The predicted octanol–water partition coefficient (Wildman–Crippen LogP) is 4.56. The summed E-state index contributed by atoms with van der Waals surface area (Å²) in [5, 5.41) is 1.31. The van der Waals surface area contributed by atoms with E-state index in [-0.39, 0.29) is 14.6 Å². The zero-order valence-electron chi connectivity index (χ0n) is 7.89. The number of aromatic nitrogens is 2. The van der Waals surface area contributed by atoms with Gasteiger partial charge < -0.3 is 0 Å². The van der Waals surface area contributed by atoms with E-state index in [1.165, 1.54) is 17.8 Å². The minimum atomic E-state index is -0.486. The van der Waals surface area contributed by atoms with Crippen molar-refractivity contribution in [2.45, 2.75) is 5.16 Å². The lowest BCUT2D eigenvalue weighted by Crippen LogP contribution is -1.92. The van der Waals surface area contributed by atoms with Crippen molar-refractivity contribution >= 4 is 61.8 Å². The predicted molar refractivity (Wildman–Crippen MR) is 69.0 cm³/mol. The Morgan fingerprint density at radius 2 is 2.06 bits per heavy atom. The Balaban J connectivity index is 2.90. The van der Waals surface area contributed by atoms with Crippen molar-refractivity contribution in [3.05, 3.63) is 26.5 Å². The second kappa shape index (κ2) is 4.64. The third-order valence-electron chi connectivity index (χ3n) is 1.94. The fraction of sp³-hybridized carbons (Fsp3) is 0.111. The zero-order valence-corrected chi connectivity index (χ0v) is 11.8. The van der Waals surface area contributed by atoms with Crippen LogP contribution in [0.25, 0.3) is 10.9 Å². The van der Waals surface area contributed by atoms with Crippen molar-refractivity contribution in [1.82, 2.24) is 9.97 Å². The van der Waals surface area contributed by atoms with Crippen LogP contribution in [0.2, 0.25) is 10.2 Å². The Kier molecular flexibility index (Phi) is 3.59. The van der Waals surface area contributed by atoms with Crippen molar-refractivity contribution in [2.75, 3.05) is 6.26 Å².